The number of ether oxygens (including phenoxy) is 1. The molecule has 5 rings (SSSR count). The number of aromatic amines is 1. The number of H-pyrrole nitrogens is 1. The summed E-state index contributed by atoms with van der Waals surface area (Å²) in [5, 5.41) is 14.7. The van der Waals surface area contributed by atoms with E-state index in [1.807, 2.05) is 18.2 Å². The number of hydrogen-bond acceptors (Lipinski definition) is 5. The molecule has 0 radical (unpaired) electrons. The van der Waals surface area contributed by atoms with Gasteiger partial charge in [-0.05, 0) is 24.6 Å². The van der Waals surface area contributed by atoms with Crippen molar-refractivity contribution in [3.8, 4) is 11.3 Å². The summed E-state index contributed by atoms with van der Waals surface area (Å²) in [5.74, 6) is 0.955. The normalized spacial score (nSPS) is 17.0. The molecular weight excluding hydrogens is 345 g/mol. The molecule has 1 aliphatic rings. The zero-order chi connectivity index (χ0) is 18.2. The van der Waals surface area contributed by atoms with Crippen LogP contribution >= 0.6 is 0 Å². The SMILES string of the molecule is Fc1c[nH]c2cc(-c3nnc(NC[C@@H]4CCOC4)c4cnccc34)ccc12. The van der Waals surface area contributed by atoms with Gasteiger partial charge in [0.05, 0.1) is 6.61 Å². The summed E-state index contributed by atoms with van der Waals surface area (Å²) >= 11 is 0. The molecule has 1 saturated heterocycles. The topological polar surface area (TPSA) is 75.7 Å². The lowest BCUT2D eigenvalue weighted by atomic mass is 10.0. The van der Waals surface area contributed by atoms with Gasteiger partial charge < -0.3 is 15.0 Å². The van der Waals surface area contributed by atoms with Gasteiger partial charge in [0.2, 0.25) is 0 Å². The van der Waals surface area contributed by atoms with Crippen LogP contribution in [-0.2, 0) is 4.74 Å². The minimum atomic E-state index is -0.257. The highest BCUT2D eigenvalue weighted by Gasteiger charge is 2.17. The molecule has 1 aliphatic heterocycles. The fourth-order valence-corrected chi connectivity index (χ4v) is 3.56. The van der Waals surface area contributed by atoms with E-state index < -0.39 is 0 Å². The molecule has 1 fully saturated rings. The first-order chi connectivity index (χ1) is 13.3. The van der Waals surface area contributed by atoms with Crippen LogP contribution in [0, 0.1) is 11.7 Å². The first-order valence-corrected chi connectivity index (χ1v) is 8.98. The molecule has 1 aromatic carbocycles. The smallest absolute Gasteiger partial charge is 0.158 e. The number of halogens is 1. The lowest BCUT2D eigenvalue weighted by molar-refractivity contribution is 0.187. The van der Waals surface area contributed by atoms with Crippen LogP contribution in [0.1, 0.15) is 6.42 Å². The molecule has 0 bridgehead atoms. The van der Waals surface area contributed by atoms with Crippen molar-refractivity contribution in [2.45, 2.75) is 6.42 Å². The summed E-state index contributed by atoms with van der Waals surface area (Å²) in [6, 6.07) is 7.46. The van der Waals surface area contributed by atoms with Crippen molar-refractivity contribution in [2.24, 2.45) is 5.92 Å². The van der Waals surface area contributed by atoms with E-state index in [0.717, 1.165) is 59.5 Å². The number of aromatic nitrogens is 4. The second-order valence-corrected chi connectivity index (χ2v) is 6.83. The van der Waals surface area contributed by atoms with Gasteiger partial charge in [-0.2, -0.15) is 0 Å². The van der Waals surface area contributed by atoms with Crippen molar-refractivity contribution in [3.63, 3.8) is 0 Å². The third-order valence-electron chi connectivity index (χ3n) is 5.07. The fourth-order valence-electron chi connectivity index (χ4n) is 3.56. The fraction of sp³-hybridized carbons (Fsp3) is 0.250. The lowest BCUT2D eigenvalue weighted by Gasteiger charge is -2.13. The Hall–Kier alpha value is -3.06. The van der Waals surface area contributed by atoms with Crippen molar-refractivity contribution < 1.29 is 9.13 Å². The van der Waals surface area contributed by atoms with E-state index in [2.05, 4.69) is 25.5 Å². The molecule has 1 atom stereocenters. The summed E-state index contributed by atoms with van der Waals surface area (Å²) in [4.78, 5) is 7.20. The third-order valence-corrected chi connectivity index (χ3v) is 5.07. The molecule has 7 heteroatoms. The number of benzene rings is 1. The molecule has 4 heterocycles. The zero-order valence-corrected chi connectivity index (χ0v) is 14.6. The van der Waals surface area contributed by atoms with Crippen LogP contribution in [0.4, 0.5) is 10.2 Å². The van der Waals surface area contributed by atoms with Gasteiger partial charge in [0.15, 0.2) is 5.82 Å². The molecule has 3 aromatic heterocycles. The van der Waals surface area contributed by atoms with E-state index in [9.17, 15) is 4.39 Å². The Morgan fingerprint density at radius 1 is 1.19 bits per heavy atom. The van der Waals surface area contributed by atoms with Crippen LogP contribution in [0.2, 0.25) is 0 Å². The van der Waals surface area contributed by atoms with E-state index in [1.54, 1.807) is 18.5 Å². The Bertz CT molecular complexity index is 1120. The van der Waals surface area contributed by atoms with Gasteiger partial charge >= 0.3 is 0 Å². The zero-order valence-electron chi connectivity index (χ0n) is 14.6. The molecule has 136 valence electrons. The van der Waals surface area contributed by atoms with Gasteiger partial charge in [-0.3, -0.25) is 4.98 Å². The van der Waals surface area contributed by atoms with Crippen LogP contribution < -0.4 is 5.32 Å². The van der Waals surface area contributed by atoms with Crippen molar-refractivity contribution in [3.05, 3.63) is 48.7 Å². The maximum Gasteiger partial charge on any atom is 0.158 e. The predicted octanol–water partition coefficient (Wildman–Crippen LogP) is 3.76. The highest BCUT2D eigenvalue weighted by Crippen LogP contribution is 2.31. The van der Waals surface area contributed by atoms with Crippen molar-refractivity contribution in [2.75, 3.05) is 25.1 Å². The molecule has 2 N–H and O–H groups in total. The Balaban J connectivity index is 1.55. The van der Waals surface area contributed by atoms with Crippen LogP contribution in [0.15, 0.2) is 42.9 Å². The largest absolute Gasteiger partial charge is 0.381 e. The highest BCUT2D eigenvalue weighted by atomic mass is 19.1. The minimum Gasteiger partial charge on any atom is -0.381 e. The Labute approximate surface area is 154 Å². The Kier molecular flexibility index (Phi) is 3.94. The lowest BCUT2D eigenvalue weighted by Crippen LogP contribution is -2.15. The van der Waals surface area contributed by atoms with Crippen molar-refractivity contribution in [1.82, 2.24) is 20.2 Å². The number of nitrogens with one attached hydrogen (secondary N) is 2. The number of fused-ring (bicyclic) bond motifs is 2. The van der Waals surface area contributed by atoms with Gasteiger partial charge in [-0.25, -0.2) is 4.39 Å². The molecule has 0 saturated carbocycles. The third kappa shape index (κ3) is 2.90. The van der Waals surface area contributed by atoms with Gasteiger partial charge in [0.1, 0.15) is 11.5 Å². The number of nitrogens with zero attached hydrogens (tertiary/aromatic N) is 3. The maximum absolute atomic E-state index is 13.7. The summed E-state index contributed by atoms with van der Waals surface area (Å²) in [6.45, 7) is 2.40. The van der Waals surface area contributed by atoms with Gasteiger partial charge in [0.25, 0.3) is 0 Å². The van der Waals surface area contributed by atoms with Crippen LogP contribution in [-0.4, -0.2) is 39.9 Å². The molecule has 0 unspecified atom stereocenters. The summed E-state index contributed by atoms with van der Waals surface area (Å²) < 4.78 is 19.1. The molecule has 0 aliphatic carbocycles. The molecule has 6 nitrogen and oxygen atoms in total. The van der Waals surface area contributed by atoms with Gasteiger partial charge in [-0.1, -0.05) is 6.07 Å². The maximum atomic E-state index is 13.7. The van der Waals surface area contributed by atoms with Crippen LogP contribution in [0.5, 0.6) is 0 Å². The van der Waals surface area contributed by atoms with E-state index in [1.165, 1.54) is 6.20 Å². The van der Waals surface area contributed by atoms with Gasteiger partial charge in [-0.15, -0.1) is 10.2 Å². The van der Waals surface area contributed by atoms with E-state index in [0.29, 0.717) is 11.3 Å². The Morgan fingerprint density at radius 3 is 3.04 bits per heavy atom. The summed E-state index contributed by atoms with van der Waals surface area (Å²) in [7, 11) is 0. The highest BCUT2D eigenvalue weighted by molar-refractivity contribution is 6.00. The quantitative estimate of drug-likeness (QED) is 0.577. The van der Waals surface area contributed by atoms with Gasteiger partial charge in [0, 0.05) is 64.9 Å². The van der Waals surface area contributed by atoms with Crippen LogP contribution in [0.3, 0.4) is 0 Å². The number of hydrogen-bond donors (Lipinski definition) is 2. The molecule has 0 amide bonds. The van der Waals surface area contributed by atoms with E-state index in [-0.39, 0.29) is 5.82 Å². The second kappa shape index (κ2) is 6.59. The monoisotopic (exact) mass is 363 g/mol. The standard InChI is InChI=1S/C20H18FN5O/c21-17-10-23-18-7-13(1-2-15(17)18)19-14-3-5-22-9-16(14)20(26-25-19)24-8-12-4-6-27-11-12/h1-3,5,7,9-10,12,23H,4,6,8,11H2,(H,24,26)/t12-/m0/s1. The number of rotatable bonds is 4. The van der Waals surface area contributed by atoms with Crippen molar-refractivity contribution in [1.29, 1.82) is 0 Å². The average Bonchev–Trinajstić information content (AvgIpc) is 3.36. The number of pyridine rings is 1. The predicted molar refractivity (Wildman–Crippen MR) is 102 cm³/mol. The molecule has 0 spiro atoms. The molecule has 27 heavy (non-hydrogen) atoms. The first-order valence-electron chi connectivity index (χ1n) is 8.98. The summed E-state index contributed by atoms with van der Waals surface area (Å²) in [6.07, 6.45) is 5.96. The second-order valence-electron chi connectivity index (χ2n) is 6.83. The number of anilines is 1. The van der Waals surface area contributed by atoms with E-state index >= 15 is 0 Å². The first kappa shape index (κ1) is 16.1. The van der Waals surface area contributed by atoms with E-state index in [4.69, 9.17) is 4.74 Å². The van der Waals surface area contributed by atoms with Crippen molar-refractivity contribution >= 4 is 27.5 Å². The van der Waals surface area contributed by atoms with Crippen LogP contribution in [0.25, 0.3) is 32.9 Å². The summed E-state index contributed by atoms with van der Waals surface area (Å²) in [5.41, 5.74) is 2.36. The minimum absolute atomic E-state index is 0.257. The molecule has 4 aromatic rings. The molecular formula is C20H18FN5O. The average molecular weight is 363 g/mol. The Morgan fingerprint density at radius 2 is 2.15 bits per heavy atom.